The van der Waals surface area contributed by atoms with Crippen LogP contribution in [-0.2, 0) is 10.9 Å². The number of aromatic nitrogens is 2. The highest BCUT2D eigenvalue weighted by Gasteiger charge is 2.30. The third kappa shape index (κ3) is 7.14. The van der Waals surface area contributed by atoms with Gasteiger partial charge >= 0.3 is 12.2 Å². The van der Waals surface area contributed by atoms with E-state index < -0.39 is 17.8 Å². The first kappa shape index (κ1) is 24.4. The summed E-state index contributed by atoms with van der Waals surface area (Å²) in [4.78, 5) is 20.9. The Morgan fingerprint density at radius 1 is 1.03 bits per heavy atom. The van der Waals surface area contributed by atoms with Crippen molar-refractivity contribution in [3.8, 4) is 11.1 Å². The van der Waals surface area contributed by atoms with Crippen LogP contribution in [0.15, 0.2) is 60.9 Å². The molecule has 1 saturated heterocycles. The molecular weight excluding hydrogens is 461 g/mol. The molecule has 0 radical (unpaired) electrons. The van der Waals surface area contributed by atoms with Gasteiger partial charge in [0.1, 0.15) is 0 Å². The largest absolute Gasteiger partial charge is 0.416 e. The van der Waals surface area contributed by atoms with E-state index >= 15 is 0 Å². The van der Waals surface area contributed by atoms with Crippen molar-refractivity contribution >= 4 is 23.4 Å². The molecule has 1 unspecified atom stereocenters. The Morgan fingerprint density at radius 2 is 1.77 bits per heavy atom. The van der Waals surface area contributed by atoms with Gasteiger partial charge in [-0.25, -0.2) is 14.8 Å². The van der Waals surface area contributed by atoms with Crippen LogP contribution in [0.4, 0.5) is 35.3 Å². The highest BCUT2D eigenvalue weighted by atomic mass is 19.4. The number of hydrogen-bond acceptors (Lipinski definition) is 6. The molecule has 1 aliphatic heterocycles. The van der Waals surface area contributed by atoms with Gasteiger partial charge in [0.25, 0.3) is 0 Å². The van der Waals surface area contributed by atoms with E-state index in [-0.39, 0.29) is 11.8 Å². The highest BCUT2D eigenvalue weighted by molar-refractivity contribution is 5.99. The van der Waals surface area contributed by atoms with Crippen LogP contribution < -0.4 is 21.3 Å². The van der Waals surface area contributed by atoms with Gasteiger partial charge in [-0.15, -0.1) is 0 Å². The van der Waals surface area contributed by atoms with Crippen molar-refractivity contribution < 1.29 is 22.7 Å². The van der Waals surface area contributed by atoms with Crippen LogP contribution in [0.5, 0.6) is 0 Å². The molecule has 0 saturated carbocycles. The van der Waals surface area contributed by atoms with Gasteiger partial charge in [0.2, 0.25) is 5.95 Å². The zero-order valence-electron chi connectivity index (χ0n) is 18.7. The second-order valence-electron chi connectivity index (χ2n) is 7.94. The van der Waals surface area contributed by atoms with Crippen LogP contribution in [-0.4, -0.2) is 48.3 Å². The van der Waals surface area contributed by atoms with Gasteiger partial charge < -0.3 is 26.0 Å². The van der Waals surface area contributed by atoms with E-state index in [1.54, 1.807) is 36.7 Å². The molecular formula is C24H25F3N6O2. The lowest BCUT2D eigenvalue weighted by atomic mass is 10.1. The smallest absolute Gasteiger partial charge is 0.376 e. The maximum absolute atomic E-state index is 12.8. The fourth-order valence-corrected chi connectivity index (χ4v) is 3.53. The molecule has 35 heavy (non-hydrogen) atoms. The van der Waals surface area contributed by atoms with Crippen LogP contribution in [0.25, 0.3) is 11.1 Å². The first-order valence-corrected chi connectivity index (χ1v) is 11.1. The molecule has 0 aliphatic carbocycles. The number of hydrogen-bond donors (Lipinski definition) is 4. The van der Waals surface area contributed by atoms with Crippen molar-refractivity contribution in [3.63, 3.8) is 0 Å². The van der Waals surface area contributed by atoms with Crippen molar-refractivity contribution in [2.45, 2.75) is 18.7 Å². The molecule has 1 fully saturated rings. The SMILES string of the molecule is O=C(Nc1ccc(-c2cnc(NCCC3CNCCO3)nc2)cc1)Nc1cccc(C(F)(F)F)c1. The number of halogens is 3. The maximum atomic E-state index is 12.8. The number of ether oxygens (including phenoxy) is 1. The lowest BCUT2D eigenvalue weighted by Gasteiger charge is -2.23. The minimum atomic E-state index is -4.48. The standard InChI is InChI=1S/C24H25F3N6O2/c25-24(26,27)18-2-1-3-20(12-18)33-23(34)32-19-6-4-16(5-7-19)17-13-30-22(31-14-17)29-9-8-21-15-28-10-11-35-21/h1-7,12-14,21,28H,8-11,15H2,(H,29,30,31)(H2,32,33,34). The molecule has 8 nitrogen and oxygen atoms in total. The van der Waals surface area contributed by atoms with Gasteiger partial charge in [0, 0.05) is 49.0 Å². The summed E-state index contributed by atoms with van der Waals surface area (Å²) < 4.78 is 44.1. The Morgan fingerprint density at radius 3 is 2.46 bits per heavy atom. The van der Waals surface area contributed by atoms with Crippen LogP contribution in [0, 0.1) is 0 Å². The summed E-state index contributed by atoms with van der Waals surface area (Å²) in [6.45, 7) is 3.16. The fourth-order valence-electron chi connectivity index (χ4n) is 3.53. The van der Waals surface area contributed by atoms with Gasteiger partial charge in [-0.3, -0.25) is 0 Å². The van der Waals surface area contributed by atoms with Crippen molar-refractivity contribution in [3.05, 3.63) is 66.5 Å². The fraction of sp³-hybridized carbons (Fsp3) is 0.292. The summed E-state index contributed by atoms with van der Waals surface area (Å²) in [5.74, 6) is 0.530. The first-order valence-electron chi connectivity index (χ1n) is 11.1. The number of rotatable bonds is 7. The maximum Gasteiger partial charge on any atom is 0.416 e. The lowest BCUT2D eigenvalue weighted by molar-refractivity contribution is -0.137. The van der Waals surface area contributed by atoms with Gasteiger partial charge in [0.05, 0.1) is 18.3 Å². The molecule has 0 bridgehead atoms. The Balaban J connectivity index is 1.28. The third-order valence-corrected chi connectivity index (χ3v) is 5.33. The number of carbonyl (C=O) groups is 1. The predicted octanol–water partition coefficient (Wildman–Crippen LogP) is 4.60. The zero-order valence-corrected chi connectivity index (χ0v) is 18.7. The minimum absolute atomic E-state index is 0.0442. The Bertz CT molecular complexity index is 1120. The average molecular weight is 486 g/mol. The van der Waals surface area contributed by atoms with Crippen LogP contribution in [0.3, 0.4) is 0 Å². The summed E-state index contributed by atoms with van der Waals surface area (Å²) in [7, 11) is 0. The quantitative estimate of drug-likeness (QED) is 0.390. The monoisotopic (exact) mass is 486 g/mol. The minimum Gasteiger partial charge on any atom is -0.376 e. The lowest BCUT2D eigenvalue weighted by Crippen LogP contribution is -2.39. The molecule has 4 N–H and O–H groups in total. The van der Waals surface area contributed by atoms with Crippen LogP contribution in [0.2, 0.25) is 0 Å². The molecule has 11 heteroatoms. The molecule has 1 aliphatic rings. The van der Waals surface area contributed by atoms with E-state index in [1.165, 1.54) is 12.1 Å². The summed E-state index contributed by atoms with van der Waals surface area (Å²) in [6.07, 6.45) is -0.0276. The van der Waals surface area contributed by atoms with E-state index in [9.17, 15) is 18.0 Å². The van der Waals surface area contributed by atoms with E-state index in [1.807, 2.05) is 0 Å². The van der Waals surface area contributed by atoms with Crippen LogP contribution >= 0.6 is 0 Å². The number of urea groups is 1. The van der Waals surface area contributed by atoms with Crippen LogP contribution in [0.1, 0.15) is 12.0 Å². The highest BCUT2D eigenvalue weighted by Crippen LogP contribution is 2.30. The second kappa shape index (κ2) is 11.2. The van der Waals surface area contributed by atoms with E-state index in [4.69, 9.17) is 4.74 Å². The van der Waals surface area contributed by atoms with Gasteiger partial charge in [0.15, 0.2) is 0 Å². The molecule has 3 aromatic rings. The van der Waals surface area contributed by atoms with Crippen molar-refractivity contribution in [1.29, 1.82) is 0 Å². The van der Waals surface area contributed by atoms with E-state index in [2.05, 4.69) is 31.2 Å². The van der Waals surface area contributed by atoms with Gasteiger partial charge in [-0.05, 0) is 42.3 Å². The summed E-state index contributed by atoms with van der Waals surface area (Å²) in [5, 5.41) is 11.5. The summed E-state index contributed by atoms with van der Waals surface area (Å²) in [5.41, 5.74) is 1.34. The molecule has 184 valence electrons. The number of anilines is 3. The molecule has 4 rings (SSSR count). The number of nitrogens with zero attached hydrogens (tertiary/aromatic N) is 2. The average Bonchev–Trinajstić information content (AvgIpc) is 2.85. The second-order valence-corrected chi connectivity index (χ2v) is 7.94. The van der Waals surface area contributed by atoms with E-state index in [0.29, 0.717) is 18.2 Å². The number of benzene rings is 2. The van der Waals surface area contributed by atoms with Gasteiger partial charge in [-0.2, -0.15) is 13.2 Å². The first-order chi connectivity index (χ1) is 16.9. The Kier molecular flexibility index (Phi) is 7.78. The molecule has 1 atom stereocenters. The normalized spacial score (nSPS) is 15.9. The Hall–Kier alpha value is -3.70. The molecule has 2 amide bonds. The summed E-state index contributed by atoms with van der Waals surface area (Å²) >= 11 is 0. The molecule has 1 aromatic heterocycles. The van der Waals surface area contributed by atoms with Crippen molar-refractivity contribution in [2.24, 2.45) is 0 Å². The summed E-state index contributed by atoms with van der Waals surface area (Å²) in [6, 6.07) is 10.7. The Labute approximate surface area is 200 Å². The predicted molar refractivity (Wildman–Crippen MR) is 127 cm³/mol. The van der Waals surface area contributed by atoms with Crippen molar-refractivity contribution in [2.75, 3.05) is 42.2 Å². The number of alkyl halides is 3. The molecule has 2 heterocycles. The number of carbonyl (C=O) groups excluding carboxylic acids is 1. The van der Waals surface area contributed by atoms with Crippen molar-refractivity contribution in [1.82, 2.24) is 15.3 Å². The number of amides is 2. The zero-order chi connectivity index (χ0) is 24.7. The topological polar surface area (TPSA) is 100 Å². The van der Waals surface area contributed by atoms with E-state index in [0.717, 1.165) is 49.4 Å². The van der Waals surface area contributed by atoms with Gasteiger partial charge in [-0.1, -0.05) is 18.2 Å². The number of nitrogens with one attached hydrogen (secondary N) is 4. The number of morpholine rings is 1. The molecule has 2 aromatic carbocycles. The third-order valence-electron chi connectivity index (χ3n) is 5.33. The molecule has 0 spiro atoms.